The van der Waals surface area contributed by atoms with Crippen molar-refractivity contribution in [1.82, 2.24) is 0 Å². The minimum Gasteiger partial charge on any atom is -0.467 e. The van der Waals surface area contributed by atoms with E-state index in [1.807, 2.05) is 6.92 Å². The van der Waals surface area contributed by atoms with E-state index in [9.17, 15) is 4.39 Å². The number of benzene rings is 1. The molecule has 1 aromatic heterocycles. The first kappa shape index (κ1) is 12.8. The molecular weight excluding hydrogens is 233 g/mol. The van der Waals surface area contributed by atoms with Crippen LogP contribution in [0, 0.1) is 5.82 Å². The molecule has 2 rings (SSSR count). The minimum absolute atomic E-state index is 0.166. The van der Waals surface area contributed by atoms with Crippen LogP contribution in [0.3, 0.4) is 0 Å². The summed E-state index contributed by atoms with van der Waals surface area (Å²) >= 11 is 0. The molecule has 96 valence electrons. The summed E-state index contributed by atoms with van der Waals surface area (Å²) in [4.78, 5) is 0. The van der Waals surface area contributed by atoms with Crippen LogP contribution in [0.1, 0.15) is 24.4 Å². The zero-order chi connectivity index (χ0) is 13.0. The maximum absolute atomic E-state index is 13.4. The predicted octanol–water partition coefficient (Wildman–Crippen LogP) is 3.02. The molecule has 0 spiro atoms. The normalized spacial score (nSPS) is 14.4. The van der Waals surface area contributed by atoms with Crippen LogP contribution in [-0.4, -0.2) is 6.04 Å². The summed E-state index contributed by atoms with van der Waals surface area (Å²) in [5.41, 5.74) is 6.36. The Labute approximate surface area is 105 Å². The van der Waals surface area contributed by atoms with E-state index in [0.717, 1.165) is 0 Å². The number of nitrogens with two attached hydrogens (primary N) is 1. The standard InChI is InChI=1S/C14H16FNO2/c1-10(16)14(13-7-4-8-17-13)18-9-11-5-2-3-6-12(11)15/h2-8,10,14H,9,16H2,1H3. The van der Waals surface area contributed by atoms with E-state index in [-0.39, 0.29) is 24.6 Å². The topological polar surface area (TPSA) is 48.4 Å². The van der Waals surface area contributed by atoms with Crippen LogP contribution in [0.5, 0.6) is 0 Å². The molecule has 2 unspecified atom stereocenters. The molecule has 1 heterocycles. The third-order valence-electron chi connectivity index (χ3n) is 2.68. The van der Waals surface area contributed by atoms with Crippen LogP contribution in [0.15, 0.2) is 47.1 Å². The van der Waals surface area contributed by atoms with Gasteiger partial charge in [0.2, 0.25) is 0 Å². The lowest BCUT2D eigenvalue weighted by Gasteiger charge is -2.19. The molecule has 0 radical (unpaired) electrons. The van der Waals surface area contributed by atoms with Crippen molar-refractivity contribution < 1.29 is 13.5 Å². The molecule has 0 saturated heterocycles. The lowest BCUT2D eigenvalue weighted by atomic mass is 10.1. The maximum atomic E-state index is 13.4. The zero-order valence-electron chi connectivity index (χ0n) is 10.2. The Kier molecular flexibility index (Phi) is 4.12. The highest BCUT2D eigenvalue weighted by Crippen LogP contribution is 2.22. The Morgan fingerprint density at radius 1 is 1.28 bits per heavy atom. The van der Waals surface area contributed by atoms with Crippen molar-refractivity contribution in [2.75, 3.05) is 0 Å². The molecule has 0 saturated carbocycles. The minimum atomic E-state index is -0.375. The first-order valence-corrected chi connectivity index (χ1v) is 5.82. The highest BCUT2D eigenvalue weighted by molar-refractivity contribution is 5.16. The number of halogens is 1. The van der Waals surface area contributed by atoms with Crippen LogP contribution in [0.2, 0.25) is 0 Å². The molecule has 0 fully saturated rings. The summed E-state index contributed by atoms with van der Waals surface area (Å²) in [6, 6.07) is 9.86. The van der Waals surface area contributed by atoms with Crippen molar-refractivity contribution in [2.45, 2.75) is 25.7 Å². The summed E-state index contributed by atoms with van der Waals surface area (Å²) < 4.78 is 24.4. The summed E-state index contributed by atoms with van der Waals surface area (Å²) in [5.74, 6) is 0.377. The quantitative estimate of drug-likeness (QED) is 0.886. The van der Waals surface area contributed by atoms with Crippen molar-refractivity contribution in [2.24, 2.45) is 5.73 Å². The van der Waals surface area contributed by atoms with E-state index < -0.39 is 0 Å². The number of hydrogen-bond donors (Lipinski definition) is 1. The third-order valence-corrected chi connectivity index (χ3v) is 2.68. The molecule has 4 heteroatoms. The Morgan fingerprint density at radius 3 is 2.67 bits per heavy atom. The van der Waals surface area contributed by atoms with Gasteiger partial charge >= 0.3 is 0 Å². The van der Waals surface area contributed by atoms with Crippen molar-refractivity contribution in [3.05, 3.63) is 59.8 Å². The fourth-order valence-electron chi connectivity index (χ4n) is 1.74. The number of hydrogen-bond acceptors (Lipinski definition) is 3. The predicted molar refractivity (Wildman–Crippen MR) is 66.3 cm³/mol. The Bertz CT molecular complexity index is 482. The first-order chi connectivity index (χ1) is 8.68. The second-order valence-corrected chi connectivity index (χ2v) is 4.20. The van der Waals surface area contributed by atoms with Crippen molar-refractivity contribution in [1.29, 1.82) is 0 Å². The van der Waals surface area contributed by atoms with Gasteiger partial charge in [-0.1, -0.05) is 18.2 Å². The van der Waals surface area contributed by atoms with Crippen LogP contribution in [-0.2, 0) is 11.3 Å². The summed E-state index contributed by atoms with van der Waals surface area (Å²) in [6.45, 7) is 1.99. The van der Waals surface area contributed by atoms with Gasteiger partial charge in [0.15, 0.2) is 0 Å². The Hall–Kier alpha value is -1.65. The lowest BCUT2D eigenvalue weighted by molar-refractivity contribution is 0.0107. The molecule has 0 bridgehead atoms. The molecule has 2 N–H and O–H groups in total. The molecular formula is C14H16FNO2. The van der Waals surface area contributed by atoms with Crippen LogP contribution in [0.4, 0.5) is 4.39 Å². The smallest absolute Gasteiger partial charge is 0.134 e. The fourth-order valence-corrected chi connectivity index (χ4v) is 1.74. The Morgan fingerprint density at radius 2 is 2.06 bits per heavy atom. The van der Waals surface area contributed by atoms with Crippen LogP contribution in [0.25, 0.3) is 0 Å². The van der Waals surface area contributed by atoms with E-state index in [4.69, 9.17) is 14.9 Å². The highest BCUT2D eigenvalue weighted by atomic mass is 19.1. The lowest BCUT2D eigenvalue weighted by Crippen LogP contribution is -2.26. The van der Waals surface area contributed by atoms with Crippen LogP contribution >= 0.6 is 0 Å². The Balaban J connectivity index is 2.05. The second-order valence-electron chi connectivity index (χ2n) is 4.20. The fraction of sp³-hybridized carbons (Fsp3) is 0.286. The van der Waals surface area contributed by atoms with E-state index in [0.29, 0.717) is 11.3 Å². The van der Waals surface area contributed by atoms with Gasteiger partial charge in [0.25, 0.3) is 0 Å². The summed E-state index contributed by atoms with van der Waals surface area (Å²) in [7, 11) is 0. The SMILES string of the molecule is CC(N)C(OCc1ccccc1F)c1ccco1. The van der Waals surface area contributed by atoms with Gasteiger partial charge in [-0.05, 0) is 25.1 Å². The van der Waals surface area contributed by atoms with Crippen molar-refractivity contribution in [3.8, 4) is 0 Å². The van der Waals surface area contributed by atoms with Gasteiger partial charge in [-0.2, -0.15) is 0 Å². The number of rotatable bonds is 5. The third kappa shape index (κ3) is 2.97. The molecule has 3 nitrogen and oxygen atoms in total. The van der Waals surface area contributed by atoms with Gasteiger partial charge in [-0.25, -0.2) is 4.39 Å². The molecule has 0 aliphatic carbocycles. The molecule has 1 aromatic carbocycles. The van der Waals surface area contributed by atoms with Gasteiger partial charge in [0, 0.05) is 11.6 Å². The summed E-state index contributed by atoms with van der Waals surface area (Å²) in [6.07, 6.45) is 1.19. The molecule has 2 aromatic rings. The average molecular weight is 249 g/mol. The second kappa shape index (κ2) is 5.80. The largest absolute Gasteiger partial charge is 0.467 e. The number of ether oxygens (including phenoxy) is 1. The number of furan rings is 1. The molecule has 0 aliphatic heterocycles. The first-order valence-electron chi connectivity index (χ1n) is 5.82. The average Bonchev–Trinajstić information content (AvgIpc) is 2.85. The van der Waals surface area contributed by atoms with Crippen LogP contribution < -0.4 is 5.73 Å². The van der Waals surface area contributed by atoms with E-state index in [1.54, 1.807) is 36.6 Å². The molecule has 0 amide bonds. The monoisotopic (exact) mass is 249 g/mol. The summed E-state index contributed by atoms with van der Waals surface area (Å²) in [5, 5.41) is 0. The zero-order valence-corrected chi connectivity index (χ0v) is 10.2. The van der Waals surface area contributed by atoms with E-state index >= 15 is 0 Å². The van der Waals surface area contributed by atoms with Crippen molar-refractivity contribution >= 4 is 0 Å². The maximum Gasteiger partial charge on any atom is 0.134 e. The van der Waals surface area contributed by atoms with E-state index in [1.165, 1.54) is 6.07 Å². The molecule has 0 aliphatic rings. The molecule has 2 atom stereocenters. The molecule has 18 heavy (non-hydrogen) atoms. The van der Waals surface area contributed by atoms with Gasteiger partial charge in [0.05, 0.1) is 12.9 Å². The van der Waals surface area contributed by atoms with Gasteiger partial charge in [0.1, 0.15) is 17.7 Å². The highest BCUT2D eigenvalue weighted by Gasteiger charge is 2.20. The van der Waals surface area contributed by atoms with Gasteiger partial charge < -0.3 is 14.9 Å². The van der Waals surface area contributed by atoms with Gasteiger partial charge in [-0.15, -0.1) is 0 Å². The van der Waals surface area contributed by atoms with E-state index in [2.05, 4.69) is 0 Å². The van der Waals surface area contributed by atoms with Crippen molar-refractivity contribution in [3.63, 3.8) is 0 Å². The van der Waals surface area contributed by atoms with Gasteiger partial charge in [-0.3, -0.25) is 0 Å².